The third kappa shape index (κ3) is 5.02. The van der Waals surface area contributed by atoms with E-state index >= 15 is 0 Å². The van der Waals surface area contributed by atoms with Crippen LogP contribution in [-0.4, -0.2) is 23.9 Å². The van der Waals surface area contributed by atoms with Crippen LogP contribution in [0.5, 0.6) is 0 Å². The van der Waals surface area contributed by atoms with Gasteiger partial charge in [-0.15, -0.1) is 0 Å². The third-order valence-corrected chi connectivity index (χ3v) is 4.84. The Bertz CT molecular complexity index is 645. The van der Waals surface area contributed by atoms with Gasteiger partial charge in [0.1, 0.15) is 11.1 Å². The van der Waals surface area contributed by atoms with Gasteiger partial charge in [0.2, 0.25) is 0 Å². The van der Waals surface area contributed by atoms with Crippen LogP contribution in [0.25, 0.3) is 0 Å². The fraction of sp³-hybridized carbons (Fsp3) is 0.600. The number of benzene rings is 1. The summed E-state index contributed by atoms with van der Waals surface area (Å²) in [6.07, 6.45) is 0.928. The van der Waals surface area contributed by atoms with Gasteiger partial charge in [0, 0.05) is 12.1 Å². The molecule has 28 heavy (non-hydrogen) atoms. The first kappa shape index (κ1) is 23.9. The molecule has 1 rings (SSSR count). The maximum absolute atomic E-state index is 14.4. The number of hydrogen-bond acceptors (Lipinski definition) is 2. The summed E-state index contributed by atoms with van der Waals surface area (Å²) in [7, 11) is 0. The Kier molecular flexibility index (Phi) is 8.45. The lowest BCUT2D eigenvalue weighted by atomic mass is 9.99. The van der Waals surface area contributed by atoms with Crippen molar-refractivity contribution in [1.82, 2.24) is 10.6 Å². The van der Waals surface area contributed by atoms with Gasteiger partial charge in [0.05, 0.1) is 0 Å². The molecule has 0 aliphatic rings. The summed E-state index contributed by atoms with van der Waals surface area (Å²) in [4.78, 5) is 24.5. The molecule has 2 amide bonds. The molecule has 1 aromatic carbocycles. The highest BCUT2D eigenvalue weighted by Crippen LogP contribution is 2.25. The number of nitrogens with one attached hydrogen (secondary N) is 2. The number of carbonyl (C=O) groups excluding carboxylic acids is 2. The van der Waals surface area contributed by atoms with Crippen LogP contribution in [0.3, 0.4) is 0 Å². The summed E-state index contributed by atoms with van der Waals surface area (Å²) in [5, 5.41) is 4.74. The van der Waals surface area contributed by atoms with Gasteiger partial charge in [0.15, 0.2) is 23.3 Å². The highest BCUT2D eigenvalue weighted by molar-refractivity contribution is 5.99. The molecule has 2 N–H and O–H groups in total. The lowest BCUT2D eigenvalue weighted by Gasteiger charge is -2.22. The van der Waals surface area contributed by atoms with E-state index in [2.05, 4.69) is 10.6 Å². The van der Waals surface area contributed by atoms with Crippen LogP contribution in [0.2, 0.25) is 0 Å². The van der Waals surface area contributed by atoms with Crippen LogP contribution in [-0.2, 0) is 0 Å². The van der Waals surface area contributed by atoms with Crippen molar-refractivity contribution in [2.75, 3.05) is 0 Å². The molecule has 0 heterocycles. The van der Waals surface area contributed by atoms with Crippen molar-refractivity contribution < 1.29 is 27.2 Å². The molecule has 0 aliphatic heterocycles. The lowest BCUT2D eigenvalue weighted by Crippen LogP contribution is -2.40. The Morgan fingerprint density at radius 1 is 0.679 bits per heavy atom. The van der Waals surface area contributed by atoms with Gasteiger partial charge in [-0.05, 0) is 24.7 Å². The largest absolute Gasteiger partial charge is 0.349 e. The van der Waals surface area contributed by atoms with Crippen molar-refractivity contribution in [3.8, 4) is 0 Å². The molecule has 8 heteroatoms. The van der Waals surface area contributed by atoms with Crippen LogP contribution in [0.15, 0.2) is 0 Å². The van der Waals surface area contributed by atoms with Crippen LogP contribution in [0, 0.1) is 35.1 Å². The zero-order chi connectivity index (χ0) is 21.8. The Labute approximate surface area is 163 Å². The zero-order valence-corrected chi connectivity index (χ0v) is 17.1. The van der Waals surface area contributed by atoms with Crippen LogP contribution in [0.4, 0.5) is 17.6 Å². The number of halogens is 4. The summed E-state index contributed by atoms with van der Waals surface area (Å²) in [6.45, 7) is 10.7. The molecule has 0 bridgehead atoms. The number of amides is 2. The van der Waals surface area contributed by atoms with Crippen LogP contribution >= 0.6 is 0 Å². The van der Waals surface area contributed by atoms with E-state index in [-0.39, 0.29) is 11.8 Å². The Balaban J connectivity index is 3.35. The summed E-state index contributed by atoms with van der Waals surface area (Å²) in [5.41, 5.74) is -2.75. The first-order valence-electron chi connectivity index (χ1n) is 9.45. The Morgan fingerprint density at radius 3 is 1.11 bits per heavy atom. The maximum atomic E-state index is 14.4. The predicted octanol–water partition coefficient (Wildman–Crippen LogP) is 4.57. The first-order valence-corrected chi connectivity index (χ1v) is 9.45. The van der Waals surface area contributed by atoms with Crippen molar-refractivity contribution in [2.45, 2.75) is 66.5 Å². The summed E-state index contributed by atoms with van der Waals surface area (Å²) >= 11 is 0. The average molecular weight is 404 g/mol. The molecular weight excluding hydrogens is 376 g/mol. The van der Waals surface area contributed by atoms with E-state index in [4.69, 9.17) is 0 Å². The molecule has 1 aromatic rings. The van der Waals surface area contributed by atoms with E-state index in [9.17, 15) is 27.2 Å². The second-order valence-corrected chi connectivity index (χ2v) is 7.47. The maximum Gasteiger partial charge on any atom is 0.257 e. The van der Waals surface area contributed by atoms with Gasteiger partial charge in [-0.1, -0.05) is 41.5 Å². The van der Waals surface area contributed by atoms with E-state index < -0.39 is 58.3 Å². The van der Waals surface area contributed by atoms with Gasteiger partial charge in [-0.3, -0.25) is 9.59 Å². The molecule has 0 radical (unpaired) electrons. The van der Waals surface area contributed by atoms with Crippen molar-refractivity contribution >= 4 is 11.8 Å². The van der Waals surface area contributed by atoms with E-state index in [0.717, 1.165) is 0 Å². The molecule has 2 atom stereocenters. The van der Waals surface area contributed by atoms with Gasteiger partial charge < -0.3 is 10.6 Å². The van der Waals surface area contributed by atoms with E-state index in [1.54, 1.807) is 41.5 Å². The molecule has 0 spiro atoms. The third-order valence-electron chi connectivity index (χ3n) is 4.84. The van der Waals surface area contributed by atoms with Crippen molar-refractivity contribution in [2.24, 2.45) is 11.8 Å². The zero-order valence-electron chi connectivity index (χ0n) is 17.1. The first-order chi connectivity index (χ1) is 13.0. The van der Waals surface area contributed by atoms with Crippen LogP contribution < -0.4 is 10.6 Å². The summed E-state index contributed by atoms with van der Waals surface area (Å²) in [6, 6.07) is -0.867. The molecule has 0 unspecified atom stereocenters. The topological polar surface area (TPSA) is 58.2 Å². The average Bonchev–Trinajstić information content (AvgIpc) is 2.62. The minimum atomic E-state index is -1.89. The van der Waals surface area contributed by atoms with Gasteiger partial charge >= 0.3 is 0 Å². The molecule has 0 aromatic heterocycles. The Morgan fingerprint density at radius 2 is 0.929 bits per heavy atom. The number of carbonyl (C=O) groups is 2. The Hall–Kier alpha value is -2.12. The van der Waals surface area contributed by atoms with Crippen molar-refractivity contribution in [3.05, 3.63) is 34.4 Å². The highest BCUT2D eigenvalue weighted by Gasteiger charge is 2.33. The van der Waals surface area contributed by atoms with Crippen LogP contribution in [0.1, 0.15) is 75.1 Å². The number of rotatable bonds is 8. The molecule has 0 saturated carbocycles. The molecule has 0 aliphatic carbocycles. The second kappa shape index (κ2) is 9.89. The van der Waals surface area contributed by atoms with E-state index in [1.165, 1.54) is 0 Å². The second-order valence-electron chi connectivity index (χ2n) is 7.47. The SMILES string of the molecule is CC[C@H](NC(=O)c1c(F)c(F)c(C(=O)N[C@@H](CC)C(C)C)c(F)c1F)C(C)C. The summed E-state index contributed by atoms with van der Waals surface area (Å²) in [5.74, 6) is -10.2. The minimum Gasteiger partial charge on any atom is -0.349 e. The molecule has 158 valence electrons. The fourth-order valence-corrected chi connectivity index (χ4v) is 2.99. The predicted molar refractivity (Wildman–Crippen MR) is 99.0 cm³/mol. The highest BCUT2D eigenvalue weighted by atomic mass is 19.2. The van der Waals surface area contributed by atoms with Gasteiger partial charge in [-0.25, -0.2) is 17.6 Å². The monoisotopic (exact) mass is 404 g/mol. The van der Waals surface area contributed by atoms with Gasteiger partial charge in [-0.2, -0.15) is 0 Å². The van der Waals surface area contributed by atoms with Crippen molar-refractivity contribution in [1.29, 1.82) is 0 Å². The fourth-order valence-electron chi connectivity index (χ4n) is 2.99. The normalized spacial score (nSPS) is 13.6. The molecule has 0 saturated heterocycles. The van der Waals surface area contributed by atoms with Crippen molar-refractivity contribution in [3.63, 3.8) is 0 Å². The quantitative estimate of drug-likeness (QED) is 0.493. The minimum absolute atomic E-state index is 0.0539. The van der Waals surface area contributed by atoms with E-state index in [0.29, 0.717) is 12.8 Å². The standard InChI is InChI=1S/C20H28F4N2O2/c1-7-11(9(3)4)25-19(27)13-15(21)17(23)14(18(24)16(13)22)20(28)26-12(8-2)10(5)6/h9-12H,7-8H2,1-6H3,(H,25,27)(H,26,28)/t11-,12-/m0/s1. The molecular formula is C20H28F4N2O2. The van der Waals surface area contributed by atoms with Gasteiger partial charge in [0.25, 0.3) is 11.8 Å². The molecule has 0 fully saturated rings. The molecule has 4 nitrogen and oxygen atoms in total. The smallest absolute Gasteiger partial charge is 0.257 e. The lowest BCUT2D eigenvalue weighted by molar-refractivity contribution is 0.0893. The van der Waals surface area contributed by atoms with E-state index in [1.807, 2.05) is 0 Å². The summed E-state index contributed by atoms with van der Waals surface area (Å²) < 4.78 is 57.7. The number of hydrogen-bond donors (Lipinski definition) is 2.